The van der Waals surface area contributed by atoms with E-state index in [1.165, 1.54) is 38.5 Å². The van der Waals surface area contributed by atoms with Crippen LogP contribution in [0.3, 0.4) is 0 Å². The van der Waals surface area contributed by atoms with Crippen LogP contribution in [0.15, 0.2) is 88.4 Å². The van der Waals surface area contributed by atoms with Gasteiger partial charge in [-0.15, -0.1) is 8.42 Å². The molecule has 0 bridgehead atoms. The van der Waals surface area contributed by atoms with Crippen molar-refractivity contribution in [3.8, 4) is 40.2 Å². The number of amides is 2. The van der Waals surface area contributed by atoms with Crippen molar-refractivity contribution in [3.05, 3.63) is 134 Å². The number of nitrogens with zero attached hydrogens (tertiary/aromatic N) is 11. The molecular formula is C62H69N11O20S. The molecule has 11 rings (SSSR count). The van der Waals surface area contributed by atoms with Gasteiger partial charge >= 0.3 is 10.4 Å². The van der Waals surface area contributed by atoms with E-state index >= 15 is 0 Å². The van der Waals surface area contributed by atoms with E-state index in [0.29, 0.717) is 35.3 Å². The number of imidazole rings is 2. The number of hydrogen-bond acceptors (Lipinski definition) is 25. The number of ketones is 1. The van der Waals surface area contributed by atoms with Crippen molar-refractivity contribution < 1.29 is 94.2 Å². The first-order chi connectivity index (χ1) is 45.4. The summed E-state index contributed by atoms with van der Waals surface area (Å²) in [7, 11) is 1.35. The van der Waals surface area contributed by atoms with Crippen LogP contribution in [0.25, 0.3) is 10.4 Å². The number of fused-ring (bicyclic) bond motifs is 6. The van der Waals surface area contributed by atoms with E-state index < -0.39 is 65.0 Å². The number of Topliss-reactive ketones (excluding diaryl/α,β-unsaturated/α-hetero) is 1. The van der Waals surface area contributed by atoms with Crippen molar-refractivity contribution >= 4 is 51.8 Å². The van der Waals surface area contributed by atoms with Crippen molar-refractivity contribution in [1.82, 2.24) is 28.9 Å². The lowest BCUT2D eigenvalue weighted by atomic mass is 9.99. The van der Waals surface area contributed by atoms with Gasteiger partial charge in [-0.2, -0.15) is 0 Å². The van der Waals surface area contributed by atoms with Gasteiger partial charge in [0.15, 0.2) is 40.3 Å². The van der Waals surface area contributed by atoms with Crippen LogP contribution in [0.4, 0.5) is 11.4 Å². The first-order valence-electron chi connectivity index (χ1n) is 30.0. The molecule has 0 aliphatic carbocycles. The van der Waals surface area contributed by atoms with Gasteiger partial charge in [0, 0.05) is 92.9 Å². The van der Waals surface area contributed by atoms with Gasteiger partial charge in [-0.25, -0.2) is 9.97 Å². The summed E-state index contributed by atoms with van der Waals surface area (Å²) in [5.74, 6) is -1.72. The Morgan fingerprint density at radius 2 is 1.23 bits per heavy atom. The monoisotopic (exact) mass is 1320 g/mol. The summed E-state index contributed by atoms with van der Waals surface area (Å²) >= 11 is 0. The second-order valence-electron chi connectivity index (χ2n) is 22.4. The number of rotatable bonds is 29. The fourth-order valence-corrected chi connectivity index (χ4v) is 12.1. The average Bonchev–Trinajstić information content (AvgIpc) is 1.56. The predicted molar refractivity (Wildman–Crippen MR) is 330 cm³/mol. The second-order valence-corrected chi connectivity index (χ2v) is 23.6. The molecule has 0 radical (unpaired) electrons. The zero-order chi connectivity index (χ0) is 66.2. The van der Waals surface area contributed by atoms with Crippen molar-refractivity contribution in [2.75, 3.05) is 67.0 Å². The van der Waals surface area contributed by atoms with Gasteiger partial charge in [0.1, 0.15) is 43.4 Å². The van der Waals surface area contributed by atoms with E-state index in [0.717, 1.165) is 28.8 Å². The lowest BCUT2D eigenvalue weighted by molar-refractivity contribution is -0.277. The molecule has 4 aromatic carbocycles. The Hall–Kier alpha value is -9.21. The van der Waals surface area contributed by atoms with Gasteiger partial charge in [-0.3, -0.25) is 24.4 Å². The molecule has 7 atom stereocenters. The largest absolute Gasteiger partial charge is 0.501 e. The lowest BCUT2D eigenvalue weighted by Crippen LogP contribution is -2.60. The summed E-state index contributed by atoms with van der Waals surface area (Å²) < 4.78 is 96.1. The molecule has 7 heterocycles. The molecule has 5 aliphatic rings. The SMILES string of the molecule is COc1cc2c(cc1OCc1cc(COc3cc4c(cc3OC)C(=O)N3Cc5ncn(C)c5C[C@H]3C=N4)cc(OS(=O)(=O)Oc3cc(C(=O)CCCOCCOCCOCCN=[N+]=[N-])ccc3OC3O[C@H](CO)[C@H](O)[C@H](O)[C@H]3O)c1)N=C[C@@H]1Cc3c(ncn3C)CN1C2=O. The number of ether oxygens (including phenoxy) is 9. The number of methoxy groups -OCH3 is 2. The predicted octanol–water partition coefficient (Wildman–Crippen LogP) is 4.10. The Labute approximate surface area is 538 Å². The number of aliphatic hydroxyl groups excluding tert-OH is 4. The summed E-state index contributed by atoms with van der Waals surface area (Å²) in [6.45, 7) is 0.840. The number of azide groups is 1. The molecule has 4 N–H and O–H groups in total. The third-order valence-corrected chi connectivity index (χ3v) is 17.0. The molecule has 0 saturated carbocycles. The van der Waals surface area contributed by atoms with Crippen LogP contribution in [0.5, 0.6) is 40.2 Å². The van der Waals surface area contributed by atoms with Gasteiger partial charge in [-0.05, 0) is 71.6 Å². The summed E-state index contributed by atoms with van der Waals surface area (Å²) in [6, 6.07) is 13.4. The van der Waals surface area contributed by atoms with Crippen LogP contribution in [0, 0.1) is 0 Å². The highest BCUT2D eigenvalue weighted by Gasteiger charge is 2.45. The molecule has 5 aliphatic heterocycles. The smallest absolute Gasteiger partial charge is 0.493 e. The minimum atomic E-state index is -5.28. The maximum Gasteiger partial charge on any atom is 0.501 e. The van der Waals surface area contributed by atoms with Crippen molar-refractivity contribution in [1.29, 1.82) is 0 Å². The van der Waals surface area contributed by atoms with Crippen LogP contribution in [0.2, 0.25) is 0 Å². The number of aryl methyl sites for hydroxylation is 2. The standard InChI is InChI=1S/C62H69N11O20S/c1-70-33-66-45-28-72-38(20-47(45)70)26-64-43-24-53(51(83-3)22-41(43)60(72)79)88-31-35-16-36(32-89-54-25-44-42(23-52(54)84-4)61(80)73-29-46-48(71(2)34-67-46)21-39(73)27-65-44)18-40(17-35)92-94(81,82)93-55-19-37(7-8-50(55)90-62-59(78)58(77)57(76)56(30-74)91-62)49(75)6-5-10-85-12-14-87-15-13-86-11-9-68-69-63/h7-8,16-19,22-27,33-34,38-39,56-59,62,74,76-78H,5-6,9-15,20-21,28-32H2,1-4H3/t38-,39-,56+,57-,58-,59+,62?/m0/s1. The Kier molecular flexibility index (Phi) is 20.7. The number of aliphatic hydroxyl groups is 4. The van der Waals surface area contributed by atoms with Gasteiger partial charge in [0.2, 0.25) is 6.29 Å². The van der Waals surface area contributed by atoms with E-state index in [1.807, 2.05) is 23.2 Å². The number of aliphatic imine (C=N–C) groups is 2. The van der Waals surface area contributed by atoms with E-state index in [-0.39, 0.29) is 155 Å². The Bertz CT molecular complexity index is 3860. The van der Waals surface area contributed by atoms with Crippen molar-refractivity contribution in [2.24, 2.45) is 29.2 Å². The normalized spacial score (nSPS) is 20.3. The van der Waals surface area contributed by atoms with Crippen LogP contribution >= 0.6 is 0 Å². The molecule has 6 aromatic rings. The maximum atomic E-state index is 14.4. The fraction of sp³-hybridized carbons (Fsp3) is 0.435. The highest BCUT2D eigenvalue weighted by Crippen LogP contribution is 2.42. The quantitative estimate of drug-likeness (QED) is 0.0169. The molecule has 1 unspecified atom stereocenters. The first kappa shape index (κ1) is 66.3. The topological polar surface area (TPSA) is 383 Å². The highest BCUT2D eigenvalue weighted by molar-refractivity contribution is 7.82. The molecule has 0 spiro atoms. The van der Waals surface area contributed by atoms with E-state index in [9.17, 15) is 43.2 Å². The summed E-state index contributed by atoms with van der Waals surface area (Å²) in [5.41, 5.74) is 13.7. The zero-order valence-corrected chi connectivity index (χ0v) is 52.4. The van der Waals surface area contributed by atoms with E-state index in [4.69, 9.17) is 66.5 Å². The average molecular weight is 1320 g/mol. The molecule has 32 heteroatoms. The third kappa shape index (κ3) is 14.9. The second kappa shape index (κ2) is 29.4. The first-order valence-corrected chi connectivity index (χ1v) is 31.3. The molecule has 31 nitrogen and oxygen atoms in total. The zero-order valence-electron chi connectivity index (χ0n) is 51.6. The Morgan fingerprint density at radius 1 is 0.681 bits per heavy atom. The number of carbonyl (C=O) groups is 3. The molecule has 498 valence electrons. The number of carbonyl (C=O) groups excluding carboxylic acids is 3. The van der Waals surface area contributed by atoms with Gasteiger partial charge in [0.05, 0.1) is 126 Å². The molecule has 2 aromatic heterocycles. The van der Waals surface area contributed by atoms with E-state index in [2.05, 4.69) is 20.0 Å². The minimum Gasteiger partial charge on any atom is -0.493 e. The van der Waals surface area contributed by atoms with Crippen LogP contribution < -0.4 is 32.1 Å². The molecule has 94 heavy (non-hydrogen) atoms. The van der Waals surface area contributed by atoms with Crippen molar-refractivity contribution in [3.63, 3.8) is 0 Å². The number of benzene rings is 4. The number of aromatic nitrogens is 4. The van der Waals surface area contributed by atoms with Gasteiger partial charge < -0.3 is 90.4 Å². The Balaban J connectivity index is 0.852. The summed E-state index contributed by atoms with van der Waals surface area (Å²) in [6.07, 6.45) is -0.755. The summed E-state index contributed by atoms with van der Waals surface area (Å²) in [5, 5.41) is 45.3. The molecular weight excluding hydrogens is 1250 g/mol. The molecule has 2 amide bonds. The minimum absolute atomic E-state index is 0.0437. The highest BCUT2D eigenvalue weighted by atomic mass is 32.3. The molecule has 1 fully saturated rings. The number of hydrogen-bond donors (Lipinski definition) is 4. The maximum absolute atomic E-state index is 14.4. The van der Waals surface area contributed by atoms with Crippen LogP contribution in [-0.4, -0.2) is 198 Å². The lowest BCUT2D eigenvalue weighted by Gasteiger charge is -2.39. The fourth-order valence-electron chi connectivity index (χ4n) is 11.3. The third-order valence-electron chi connectivity index (χ3n) is 16.3. The van der Waals surface area contributed by atoms with Crippen LogP contribution in [0.1, 0.15) is 77.8 Å². The van der Waals surface area contributed by atoms with E-state index in [1.54, 1.807) is 65.2 Å². The summed E-state index contributed by atoms with van der Waals surface area (Å²) in [4.78, 5) is 66.6. The molecule has 1 saturated heterocycles. The van der Waals surface area contributed by atoms with Gasteiger partial charge in [-0.1, -0.05) is 5.11 Å². The van der Waals surface area contributed by atoms with Crippen LogP contribution in [-0.2, 0) is 82.6 Å². The van der Waals surface area contributed by atoms with Gasteiger partial charge in [0.25, 0.3) is 11.8 Å². The van der Waals surface area contributed by atoms with Crippen molar-refractivity contribution in [2.45, 2.75) is 94.8 Å². The Morgan fingerprint density at radius 3 is 1.78 bits per heavy atom.